The second-order valence-electron chi connectivity index (χ2n) is 7.95. The molecule has 6 heteroatoms. The SMILES string of the molecule is Cc1c(C2CCNCC2)cnn1C1CCCN1C(=O)OC(C)(C)C. The molecule has 6 nitrogen and oxygen atoms in total. The molecule has 1 N–H and O–H groups in total. The molecule has 2 saturated heterocycles. The van der Waals surface area contributed by atoms with E-state index in [1.165, 1.54) is 11.3 Å². The molecule has 1 unspecified atom stereocenters. The lowest BCUT2D eigenvalue weighted by atomic mass is 9.91. The molecule has 0 aliphatic carbocycles. The van der Waals surface area contributed by atoms with E-state index in [2.05, 4.69) is 17.3 Å². The summed E-state index contributed by atoms with van der Waals surface area (Å²) in [4.78, 5) is 14.3. The third-order valence-electron chi connectivity index (χ3n) is 4.99. The van der Waals surface area contributed by atoms with Crippen LogP contribution in [0.4, 0.5) is 4.79 Å². The van der Waals surface area contributed by atoms with Gasteiger partial charge in [-0.15, -0.1) is 0 Å². The first-order valence-corrected chi connectivity index (χ1v) is 9.11. The van der Waals surface area contributed by atoms with E-state index in [4.69, 9.17) is 4.74 Å². The minimum atomic E-state index is -0.469. The molecule has 3 rings (SSSR count). The standard InChI is InChI=1S/C18H30N4O2/c1-13-15(14-7-9-19-10-8-14)12-20-22(13)16-6-5-11-21(16)17(23)24-18(2,3)4/h12,14,16,19H,5-11H2,1-4H3. The minimum absolute atomic E-state index is 0.0182. The number of ether oxygens (including phenoxy) is 1. The van der Waals surface area contributed by atoms with Crippen LogP contribution in [0.5, 0.6) is 0 Å². The molecule has 1 atom stereocenters. The van der Waals surface area contributed by atoms with Crippen LogP contribution in [0.1, 0.15) is 69.8 Å². The molecule has 2 fully saturated rings. The highest BCUT2D eigenvalue weighted by atomic mass is 16.6. The third-order valence-corrected chi connectivity index (χ3v) is 4.99. The normalized spacial score (nSPS) is 22.8. The summed E-state index contributed by atoms with van der Waals surface area (Å²) in [5.41, 5.74) is 2.07. The van der Waals surface area contributed by atoms with Crippen LogP contribution >= 0.6 is 0 Å². The van der Waals surface area contributed by atoms with Gasteiger partial charge in [0.05, 0.1) is 6.20 Å². The first-order chi connectivity index (χ1) is 11.4. The average Bonchev–Trinajstić information content (AvgIpc) is 3.12. The van der Waals surface area contributed by atoms with Gasteiger partial charge in [-0.1, -0.05) is 0 Å². The quantitative estimate of drug-likeness (QED) is 0.902. The Morgan fingerprint density at radius 2 is 2.00 bits per heavy atom. The van der Waals surface area contributed by atoms with Crippen LogP contribution in [-0.2, 0) is 4.74 Å². The van der Waals surface area contributed by atoms with E-state index < -0.39 is 5.60 Å². The molecule has 24 heavy (non-hydrogen) atoms. The number of piperidine rings is 1. The van der Waals surface area contributed by atoms with Crippen LogP contribution in [0.3, 0.4) is 0 Å². The highest BCUT2D eigenvalue weighted by molar-refractivity contribution is 5.68. The van der Waals surface area contributed by atoms with E-state index in [0.717, 1.165) is 45.3 Å². The van der Waals surface area contributed by atoms with E-state index in [9.17, 15) is 4.79 Å². The monoisotopic (exact) mass is 334 g/mol. The lowest BCUT2D eigenvalue weighted by molar-refractivity contribution is 0.0147. The Morgan fingerprint density at radius 3 is 2.67 bits per heavy atom. The molecule has 2 aliphatic heterocycles. The minimum Gasteiger partial charge on any atom is -0.444 e. The Kier molecular flexibility index (Phi) is 4.85. The Hall–Kier alpha value is -1.56. The van der Waals surface area contributed by atoms with Gasteiger partial charge in [0.2, 0.25) is 0 Å². The van der Waals surface area contributed by atoms with Gasteiger partial charge in [-0.2, -0.15) is 5.10 Å². The predicted octanol–water partition coefficient (Wildman–Crippen LogP) is 3.19. The molecule has 0 spiro atoms. The van der Waals surface area contributed by atoms with Crippen molar-refractivity contribution in [2.45, 2.75) is 71.1 Å². The van der Waals surface area contributed by atoms with Crippen LogP contribution in [-0.4, -0.2) is 46.0 Å². The maximum atomic E-state index is 12.5. The Morgan fingerprint density at radius 1 is 1.29 bits per heavy atom. The fraction of sp³-hybridized carbons (Fsp3) is 0.778. The molecule has 0 saturated carbocycles. The molecule has 1 aromatic heterocycles. The largest absolute Gasteiger partial charge is 0.444 e. The molecular weight excluding hydrogens is 304 g/mol. The summed E-state index contributed by atoms with van der Waals surface area (Å²) >= 11 is 0. The van der Waals surface area contributed by atoms with Gasteiger partial charge in [0.25, 0.3) is 0 Å². The molecule has 0 bridgehead atoms. The third kappa shape index (κ3) is 3.58. The van der Waals surface area contributed by atoms with Crippen molar-refractivity contribution in [3.8, 4) is 0 Å². The predicted molar refractivity (Wildman–Crippen MR) is 93.0 cm³/mol. The van der Waals surface area contributed by atoms with Gasteiger partial charge in [0, 0.05) is 12.2 Å². The summed E-state index contributed by atoms with van der Waals surface area (Å²) < 4.78 is 7.61. The van der Waals surface area contributed by atoms with Gasteiger partial charge in [0.1, 0.15) is 11.8 Å². The number of hydrogen-bond acceptors (Lipinski definition) is 4. The van der Waals surface area contributed by atoms with Gasteiger partial charge in [-0.05, 0) is 77.9 Å². The van der Waals surface area contributed by atoms with Crippen molar-refractivity contribution in [1.82, 2.24) is 20.0 Å². The van der Waals surface area contributed by atoms with Crippen LogP contribution in [0.25, 0.3) is 0 Å². The average molecular weight is 334 g/mol. The van der Waals surface area contributed by atoms with Gasteiger partial charge >= 0.3 is 6.09 Å². The van der Waals surface area contributed by atoms with E-state index in [-0.39, 0.29) is 12.3 Å². The smallest absolute Gasteiger partial charge is 0.411 e. The van der Waals surface area contributed by atoms with Gasteiger partial charge in [-0.3, -0.25) is 4.90 Å². The van der Waals surface area contributed by atoms with Crippen LogP contribution in [0, 0.1) is 6.92 Å². The van der Waals surface area contributed by atoms with E-state index in [1.807, 2.05) is 36.5 Å². The number of rotatable bonds is 2. The van der Waals surface area contributed by atoms with Crippen molar-refractivity contribution in [2.75, 3.05) is 19.6 Å². The molecular formula is C18H30N4O2. The lowest BCUT2D eigenvalue weighted by Crippen LogP contribution is -2.38. The Balaban J connectivity index is 1.78. The van der Waals surface area contributed by atoms with Gasteiger partial charge in [-0.25, -0.2) is 9.48 Å². The summed E-state index contributed by atoms with van der Waals surface area (Å²) in [6, 6.07) is 0. The zero-order valence-electron chi connectivity index (χ0n) is 15.3. The van der Waals surface area contributed by atoms with Crippen molar-refractivity contribution in [2.24, 2.45) is 0 Å². The number of aromatic nitrogens is 2. The lowest BCUT2D eigenvalue weighted by Gasteiger charge is -2.29. The molecule has 0 aromatic carbocycles. The molecule has 0 radical (unpaired) electrons. The summed E-state index contributed by atoms with van der Waals surface area (Å²) in [6.07, 6.45) is 6.01. The van der Waals surface area contributed by atoms with Crippen molar-refractivity contribution in [3.05, 3.63) is 17.5 Å². The zero-order valence-corrected chi connectivity index (χ0v) is 15.3. The topological polar surface area (TPSA) is 59.4 Å². The maximum Gasteiger partial charge on any atom is 0.411 e. The summed E-state index contributed by atoms with van der Waals surface area (Å²) in [5, 5.41) is 8.06. The van der Waals surface area contributed by atoms with Crippen LogP contribution in [0.15, 0.2) is 6.20 Å². The zero-order chi connectivity index (χ0) is 17.3. The second kappa shape index (κ2) is 6.75. The fourth-order valence-electron chi connectivity index (χ4n) is 3.81. The molecule has 1 amide bonds. The number of hydrogen-bond donors (Lipinski definition) is 1. The maximum absolute atomic E-state index is 12.5. The highest BCUT2D eigenvalue weighted by Gasteiger charge is 2.35. The molecule has 1 aromatic rings. The Bertz CT molecular complexity index is 584. The van der Waals surface area contributed by atoms with Crippen LogP contribution in [0.2, 0.25) is 0 Å². The van der Waals surface area contributed by atoms with Crippen molar-refractivity contribution in [1.29, 1.82) is 0 Å². The summed E-state index contributed by atoms with van der Waals surface area (Å²) in [5.74, 6) is 0.580. The first kappa shape index (κ1) is 17.3. The number of nitrogens with one attached hydrogen (secondary N) is 1. The van der Waals surface area contributed by atoms with Crippen molar-refractivity contribution < 1.29 is 9.53 Å². The highest BCUT2D eigenvalue weighted by Crippen LogP contribution is 2.33. The number of amides is 1. The number of nitrogens with zero attached hydrogens (tertiary/aromatic N) is 3. The van der Waals surface area contributed by atoms with Crippen molar-refractivity contribution in [3.63, 3.8) is 0 Å². The van der Waals surface area contributed by atoms with Gasteiger partial charge in [0.15, 0.2) is 0 Å². The van der Waals surface area contributed by atoms with Gasteiger partial charge < -0.3 is 10.1 Å². The Labute approximate surface area is 144 Å². The summed E-state index contributed by atoms with van der Waals surface area (Å²) in [7, 11) is 0. The number of likely N-dealkylation sites (tertiary alicyclic amines) is 1. The van der Waals surface area contributed by atoms with E-state index in [1.54, 1.807) is 0 Å². The first-order valence-electron chi connectivity index (χ1n) is 9.11. The fourth-order valence-corrected chi connectivity index (χ4v) is 3.81. The molecule has 134 valence electrons. The van der Waals surface area contributed by atoms with E-state index >= 15 is 0 Å². The molecule has 2 aliphatic rings. The summed E-state index contributed by atoms with van der Waals surface area (Å²) in [6.45, 7) is 10.7. The number of carbonyl (C=O) groups excluding carboxylic acids is 1. The van der Waals surface area contributed by atoms with Crippen molar-refractivity contribution >= 4 is 6.09 Å². The number of carbonyl (C=O) groups is 1. The van der Waals surface area contributed by atoms with Crippen LogP contribution < -0.4 is 5.32 Å². The second-order valence-corrected chi connectivity index (χ2v) is 7.95. The molecule has 3 heterocycles. The van der Waals surface area contributed by atoms with E-state index in [0.29, 0.717) is 5.92 Å².